The summed E-state index contributed by atoms with van der Waals surface area (Å²) in [6.45, 7) is 4.38. The molecule has 0 saturated heterocycles. The lowest BCUT2D eigenvalue weighted by Crippen LogP contribution is -1.98. The third kappa shape index (κ3) is 3.16. The van der Waals surface area contributed by atoms with E-state index in [1.165, 1.54) is 11.1 Å². The summed E-state index contributed by atoms with van der Waals surface area (Å²) in [4.78, 5) is 0. The Bertz CT molecular complexity index is 560. The Kier molecular flexibility index (Phi) is 5.08. The number of benzene rings is 2. The maximum Gasteiger partial charge on any atom is 0.118 e. The van der Waals surface area contributed by atoms with Crippen molar-refractivity contribution < 1.29 is 4.74 Å². The Hall–Kier alpha value is -1.47. The molecule has 0 radical (unpaired) electrons. The van der Waals surface area contributed by atoms with Crippen LogP contribution in [0.4, 0.5) is 0 Å². The Morgan fingerprint density at radius 1 is 0.900 bits per heavy atom. The molecule has 0 aromatic heterocycles. The number of ether oxygens (including phenoxy) is 1. The predicted octanol–water partition coefficient (Wildman–Crippen LogP) is 5.15. The fourth-order valence-electron chi connectivity index (χ4n) is 2.44. The van der Waals surface area contributed by atoms with E-state index in [-0.39, 0.29) is 5.38 Å². The highest BCUT2D eigenvalue weighted by Crippen LogP contribution is 2.31. The van der Waals surface area contributed by atoms with Crippen LogP contribution in [0.1, 0.15) is 41.5 Å². The quantitative estimate of drug-likeness (QED) is 0.692. The van der Waals surface area contributed by atoms with Gasteiger partial charge in [0.25, 0.3) is 0 Å². The minimum atomic E-state index is -0.114. The molecule has 20 heavy (non-hydrogen) atoms. The van der Waals surface area contributed by atoms with Crippen molar-refractivity contribution in [2.45, 2.75) is 32.1 Å². The topological polar surface area (TPSA) is 9.23 Å². The van der Waals surface area contributed by atoms with Crippen LogP contribution in [0.5, 0.6) is 5.75 Å². The minimum absolute atomic E-state index is 0.114. The molecule has 0 N–H and O–H groups in total. The van der Waals surface area contributed by atoms with Gasteiger partial charge in [0.15, 0.2) is 0 Å². The second-order valence-electron chi connectivity index (χ2n) is 4.87. The number of aryl methyl sites for hydroxylation is 2. The third-order valence-corrected chi connectivity index (χ3v) is 4.20. The molecule has 0 fully saturated rings. The standard InChI is InChI=1S/C18H21ClO/c1-4-13-6-7-16(12-14(13)5-2)18(19)15-8-10-17(20-3)11-9-15/h6-12,18H,4-5H2,1-3H3. The van der Waals surface area contributed by atoms with Crippen LogP contribution in [0.3, 0.4) is 0 Å². The Balaban J connectivity index is 2.29. The van der Waals surface area contributed by atoms with Crippen molar-refractivity contribution in [3.63, 3.8) is 0 Å². The molecule has 0 aliphatic carbocycles. The molecule has 2 heteroatoms. The zero-order valence-electron chi connectivity index (χ0n) is 12.3. The highest BCUT2D eigenvalue weighted by molar-refractivity contribution is 6.22. The smallest absolute Gasteiger partial charge is 0.118 e. The van der Waals surface area contributed by atoms with Gasteiger partial charge in [-0.2, -0.15) is 0 Å². The molecule has 0 heterocycles. The summed E-state index contributed by atoms with van der Waals surface area (Å²) in [5.74, 6) is 0.855. The monoisotopic (exact) mass is 288 g/mol. The number of alkyl halides is 1. The van der Waals surface area contributed by atoms with Gasteiger partial charge in [-0.25, -0.2) is 0 Å². The van der Waals surface area contributed by atoms with Crippen molar-refractivity contribution in [1.82, 2.24) is 0 Å². The van der Waals surface area contributed by atoms with Crippen molar-refractivity contribution in [3.05, 3.63) is 64.7 Å². The molecule has 0 amide bonds. The molecule has 1 nitrogen and oxygen atoms in total. The maximum atomic E-state index is 6.61. The van der Waals surface area contributed by atoms with Crippen LogP contribution in [-0.4, -0.2) is 7.11 Å². The van der Waals surface area contributed by atoms with Gasteiger partial charge in [0.2, 0.25) is 0 Å². The highest BCUT2D eigenvalue weighted by atomic mass is 35.5. The second kappa shape index (κ2) is 6.81. The number of halogens is 1. The fourth-order valence-corrected chi connectivity index (χ4v) is 2.72. The molecule has 2 aromatic carbocycles. The SMILES string of the molecule is CCc1ccc(C(Cl)c2ccc(OC)cc2)cc1CC. The summed E-state index contributed by atoms with van der Waals surface area (Å²) in [6.07, 6.45) is 2.11. The fraction of sp³-hybridized carbons (Fsp3) is 0.333. The average Bonchev–Trinajstić information content (AvgIpc) is 2.53. The van der Waals surface area contributed by atoms with E-state index in [9.17, 15) is 0 Å². The average molecular weight is 289 g/mol. The summed E-state index contributed by atoms with van der Waals surface area (Å²) in [5.41, 5.74) is 5.06. The van der Waals surface area contributed by atoms with Crippen LogP contribution >= 0.6 is 11.6 Å². The van der Waals surface area contributed by atoms with E-state index in [4.69, 9.17) is 16.3 Å². The molecule has 0 aliphatic rings. The molecular weight excluding hydrogens is 268 g/mol. The zero-order valence-corrected chi connectivity index (χ0v) is 13.1. The van der Waals surface area contributed by atoms with Gasteiger partial charge in [0.1, 0.15) is 5.75 Å². The van der Waals surface area contributed by atoms with Crippen molar-refractivity contribution in [2.75, 3.05) is 7.11 Å². The number of methoxy groups -OCH3 is 1. The van der Waals surface area contributed by atoms with E-state index in [1.54, 1.807) is 7.11 Å². The first-order valence-corrected chi connectivity index (χ1v) is 7.53. The Labute approximate surface area is 126 Å². The van der Waals surface area contributed by atoms with Gasteiger partial charge >= 0.3 is 0 Å². The summed E-state index contributed by atoms with van der Waals surface area (Å²) in [5, 5.41) is -0.114. The van der Waals surface area contributed by atoms with E-state index in [2.05, 4.69) is 32.0 Å². The van der Waals surface area contributed by atoms with Crippen LogP contribution in [0.15, 0.2) is 42.5 Å². The van der Waals surface area contributed by atoms with Gasteiger partial charge in [-0.15, -0.1) is 11.6 Å². The van der Waals surface area contributed by atoms with Crippen LogP contribution in [0, 0.1) is 0 Å². The van der Waals surface area contributed by atoms with Crippen LogP contribution < -0.4 is 4.74 Å². The van der Waals surface area contributed by atoms with Gasteiger partial charge < -0.3 is 4.74 Å². The van der Waals surface area contributed by atoms with E-state index < -0.39 is 0 Å². The lowest BCUT2D eigenvalue weighted by atomic mass is 9.96. The van der Waals surface area contributed by atoms with Crippen molar-refractivity contribution in [1.29, 1.82) is 0 Å². The van der Waals surface area contributed by atoms with Crippen LogP contribution in [0.2, 0.25) is 0 Å². The first-order chi connectivity index (χ1) is 9.69. The van der Waals surface area contributed by atoms with Crippen molar-refractivity contribution in [2.24, 2.45) is 0 Å². The van der Waals surface area contributed by atoms with Crippen LogP contribution in [0.25, 0.3) is 0 Å². The second-order valence-corrected chi connectivity index (χ2v) is 5.31. The van der Waals surface area contributed by atoms with E-state index in [1.807, 2.05) is 24.3 Å². The predicted molar refractivity (Wildman–Crippen MR) is 85.9 cm³/mol. The first kappa shape index (κ1) is 14.9. The van der Waals surface area contributed by atoms with Gasteiger partial charge in [0, 0.05) is 0 Å². The number of hydrogen-bond donors (Lipinski definition) is 0. The van der Waals surface area contributed by atoms with E-state index >= 15 is 0 Å². The highest BCUT2D eigenvalue weighted by Gasteiger charge is 2.12. The maximum absolute atomic E-state index is 6.61. The molecule has 1 atom stereocenters. The van der Waals surface area contributed by atoms with Crippen molar-refractivity contribution >= 4 is 11.6 Å². The molecule has 2 aromatic rings. The summed E-state index contributed by atoms with van der Waals surface area (Å²) in [6, 6.07) is 14.5. The molecule has 0 bridgehead atoms. The molecular formula is C18H21ClO. The Morgan fingerprint density at radius 2 is 1.50 bits per heavy atom. The number of hydrogen-bond acceptors (Lipinski definition) is 1. The third-order valence-electron chi connectivity index (χ3n) is 3.69. The Morgan fingerprint density at radius 3 is 2.05 bits per heavy atom. The van der Waals surface area contributed by atoms with Gasteiger partial charge in [0.05, 0.1) is 12.5 Å². The van der Waals surface area contributed by atoms with Gasteiger partial charge in [-0.1, -0.05) is 44.2 Å². The molecule has 0 saturated carbocycles. The molecule has 106 valence electrons. The van der Waals surface area contributed by atoms with Crippen LogP contribution in [-0.2, 0) is 12.8 Å². The van der Waals surface area contributed by atoms with Gasteiger partial charge in [-0.05, 0) is 47.2 Å². The van der Waals surface area contributed by atoms with Crippen molar-refractivity contribution in [3.8, 4) is 5.75 Å². The first-order valence-electron chi connectivity index (χ1n) is 7.09. The molecule has 0 spiro atoms. The van der Waals surface area contributed by atoms with Gasteiger partial charge in [-0.3, -0.25) is 0 Å². The van der Waals surface area contributed by atoms with E-state index in [0.29, 0.717) is 0 Å². The lowest BCUT2D eigenvalue weighted by Gasteiger charge is -2.14. The number of rotatable bonds is 5. The van der Waals surface area contributed by atoms with E-state index in [0.717, 1.165) is 29.7 Å². The zero-order chi connectivity index (χ0) is 14.5. The molecule has 1 unspecified atom stereocenters. The normalized spacial score (nSPS) is 12.2. The molecule has 0 aliphatic heterocycles. The molecule has 2 rings (SSSR count). The summed E-state index contributed by atoms with van der Waals surface area (Å²) in [7, 11) is 1.67. The summed E-state index contributed by atoms with van der Waals surface area (Å²) >= 11 is 6.61. The largest absolute Gasteiger partial charge is 0.497 e. The summed E-state index contributed by atoms with van der Waals surface area (Å²) < 4.78 is 5.18. The lowest BCUT2D eigenvalue weighted by molar-refractivity contribution is 0.414. The minimum Gasteiger partial charge on any atom is -0.497 e.